The largest absolute Gasteiger partial charge is 0.332 e. The molecule has 1 aliphatic carbocycles. The Morgan fingerprint density at radius 2 is 2.14 bits per heavy atom. The van der Waals surface area contributed by atoms with E-state index in [1.165, 1.54) is 12.3 Å². The molecule has 1 unspecified atom stereocenters. The van der Waals surface area contributed by atoms with Crippen LogP contribution in [0.4, 0.5) is 0 Å². The van der Waals surface area contributed by atoms with E-state index in [2.05, 4.69) is 0 Å². The molecule has 6 heteroatoms. The Morgan fingerprint density at radius 1 is 1.45 bits per heavy atom. The van der Waals surface area contributed by atoms with Crippen LogP contribution in [0.3, 0.4) is 0 Å². The van der Waals surface area contributed by atoms with E-state index in [0.717, 1.165) is 18.4 Å². The van der Waals surface area contributed by atoms with Gasteiger partial charge in [0.1, 0.15) is 9.84 Å². The zero-order valence-corrected chi connectivity index (χ0v) is 14.3. The maximum atomic E-state index is 12.4. The quantitative estimate of drug-likeness (QED) is 0.748. The second-order valence-electron chi connectivity index (χ2n) is 5.81. The van der Waals surface area contributed by atoms with Crippen LogP contribution in [0.2, 0.25) is 5.02 Å². The minimum absolute atomic E-state index is 0.0136. The van der Waals surface area contributed by atoms with Crippen LogP contribution < -0.4 is 0 Å². The van der Waals surface area contributed by atoms with Crippen LogP contribution in [0.25, 0.3) is 6.08 Å². The van der Waals surface area contributed by atoms with Gasteiger partial charge in [0.15, 0.2) is 0 Å². The Balaban J connectivity index is 2.10. The molecule has 1 atom stereocenters. The molecule has 0 radical (unpaired) electrons. The highest BCUT2D eigenvalue weighted by molar-refractivity contribution is 7.90. The Labute approximate surface area is 136 Å². The lowest BCUT2D eigenvalue weighted by atomic mass is 10.2. The van der Waals surface area contributed by atoms with Crippen molar-refractivity contribution < 1.29 is 13.2 Å². The van der Waals surface area contributed by atoms with E-state index in [4.69, 9.17) is 11.6 Å². The number of amides is 1. The van der Waals surface area contributed by atoms with Gasteiger partial charge in [-0.25, -0.2) is 8.42 Å². The predicted molar refractivity (Wildman–Crippen MR) is 89.5 cm³/mol. The lowest BCUT2D eigenvalue weighted by molar-refractivity contribution is -0.128. The lowest BCUT2D eigenvalue weighted by Gasteiger charge is -2.27. The normalized spacial score (nSPS) is 16.7. The van der Waals surface area contributed by atoms with E-state index in [0.29, 0.717) is 5.02 Å². The first kappa shape index (κ1) is 17.0. The number of carbonyl (C=O) groups excluding carboxylic acids is 1. The molecule has 0 bridgehead atoms. The molecule has 1 saturated carbocycles. The standard InChI is InChI=1S/C16H20ClNO3S/c1-12(11-22(2,20)21)18(15-7-8-15)16(19)9-6-13-4-3-5-14(17)10-13/h3-6,9-10,12,15H,7-8,11H2,1-2H3/b9-6+. The van der Waals surface area contributed by atoms with E-state index < -0.39 is 9.84 Å². The van der Waals surface area contributed by atoms with E-state index >= 15 is 0 Å². The van der Waals surface area contributed by atoms with Gasteiger partial charge in [0.25, 0.3) is 0 Å². The number of benzene rings is 1. The van der Waals surface area contributed by atoms with Crippen molar-refractivity contribution in [2.45, 2.75) is 31.8 Å². The molecule has 120 valence electrons. The van der Waals surface area contributed by atoms with Gasteiger partial charge in [0.05, 0.1) is 5.75 Å². The molecule has 0 spiro atoms. The molecular formula is C16H20ClNO3S. The number of nitrogens with zero attached hydrogens (tertiary/aromatic N) is 1. The Kier molecular flexibility index (Phi) is 5.29. The highest BCUT2D eigenvalue weighted by Gasteiger charge is 2.35. The van der Waals surface area contributed by atoms with Crippen LogP contribution in [0.15, 0.2) is 30.3 Å². The summed E-state index contributed by atoms with van der Waals surface area (Å²) in [7, 11) is -3.12. The van der Waals surface area contributed by atoms with Crippen molar-refractivity contribution in [2.75, 3.05) is 12.0 Å². The summed E-state index contributed by atoms with van der Waals surface area (Å²) in [6, 6.07) is 7.05. The van der Waals surface area contributed by atoms with E-state index in [-0.39, 0.29) is 23.7 Å². The molecule has 0 heterocycles. The number of rotatable bonds is 6. The van der Waals surface area contributed by atoms with Gasteiger partial charge in [-0.2, -0.15) is 0 Å². The first-order valence-electron chi connectivity index (χ1n) is 7.20. The maximum Gasteiger partial charge on any atom is 0.247 e. The molecule has 22 heavy (non-hydrogen) atoms. The molecule has 0 saturated heterocycles. The Hall–Kier alpha value is -1.33. The van der Waals surface area contributed by atoms with Gasteiger partial charge >= 0.3 is 0 Å². The molecule has 0 N–H and O–H groups in total. The van der Waals surface area contributed by atoms with E-state index in [9.17, 15) is 13.2 Å². The van der Waals surface area contributed by atoms with Crippen molar-refractivity contribution >= 4 is 33.4 Å². The summed E-state index contributed by atoms with van der Waals surface area (Å²) in [5.74, 6) is -0.168. The smallest absolute Gasteiger partial charge is 0.247 e. The van der Waals surface area contributed by atoms with Gasteiger partial charge in [-0.3, -0.25) is 4.79 Å². The fourth-order valence-electron chi connectivity index (χ4n) is 2.49. The predicted octanol–water partition coefficient (Wildman–Crippen LogP) is 2.78. The molecular weight excluding hydrogens is 322 g/mol. The van der Waals surface area contributed by atoms with Gasteiger partial charge in [0.2, 0.25) is 5.91 Å². The summed E-state index contributed by atoms with van der Waals surface area (Å²) >= 11 is 5.91. The number of hydrogen-bond acceptors (Lipinski definition) is 3. The first-order chi connectivity index (χ1) is 10.3. The van der Waals surface area contributed by atoms with Crippen LogP contribution in [-0.2, 0) is 14.6 Å². The third-order valence-electron chi connectivity index (χ3n) is 3.48. The minimum atomic E-state index is -3.12. The zero-order valence-electron chi connectivity index (χ0n) is 12.7. The maximum absolute atomic E-state index is 12.4. The Morgan fingerprint density at radius 3 is 2.68 bits per heavy atom. The van der Waals surface area contributed by atoms with Crippen LogP contribution >= 0.6 is 11.6 Å². The number of halogens is 1. The third kappa shape index (κ3) is 5.14. The van der Waals surface area contributed by atoms with Crippen molar-refractivity contribution in [1.29, 1.82) is 0 Å². The van der Waals surface area contributed by atoms with Gasteiger partial charge in [0, 0.05) is 29.4 Å². The second-order valence-corrected chi connectivity index (χ2v) is 8.43. The fraction of sp³-hybridized carbons (Fsp3) is 0.438. The lowest BCUT2D eigenvalue weighted by Crippen LogP contribution is -2.43. The number of hydrogen-bond donors (Lipinski definition) is 0. The van der Waals surface area contributed by atoms with Gasteiger partial charge in [-0.05, 0) is 43.5 Å². The van der Waals surface area contributed by atoms with E-state index in [1.807, 2.05) is 12.1 Å². The van der Waals surface area contributed by atoms with Crippen LogP contribution in [0, 0.1) is 0 Å². The van der Waals surface area contributed by atoms with Crippen LogP contribution in [0.5, 0.6) is 0 Å². The summed E-state index contributed by atoms with van der Waals surface area (Å²) in [6.45, 7) is 1.78. The zero-order chi connectivity index (χ0) is 16.3. The molecule has 0 aliphatic heterocycles. The number of carbonyl (C=O) groups is 1. The van der Waals surface area contributed by atoms with Crippen LogP contribution in [-0.4, -0.2) is 43.3 Å². The summed E-state index contributed by atoms with van der Waals surface area (Å²) < 4.78 is 22.9. The third-order valence-corrected chi connectivity index (χ3v) is 4.80. The monoisotopic (exact) mass is 341 g/mol. The average Bonchev–Trinajstić information content (AvgIpc) is 3.19. The highest BCUT2D eigenvalue weighted by atomic mass is 35.5. The second kappa shape index (κ2) is 6.84. The van der Waals surface area contributed by atoms with E-state index in [1.54, 1.807) is 30.0 Å². The molecule has 1 fully saturated rings. The SMILES string of the molecule is CC(CS(C)(=O)=O)N(C(=O)/C=C/c1cccc(Cl)c1)C1CC1. The van der Waals surface area contributed by atoms with Crippen molar-refractivity contribution in [3.05, 3.63) is 40.9 Å². The minimum Gasteiger partial charge on any atom is -0.332 e. The van der Waals surface area contributed by atoms with Crippen LogP contribution in [0.1, 0.15) is 25.3 Å². The summed E-state index contributed by atoms with van der Waals surface area (Å²) in [5, 5.41) is 0.610. The van der Waals surface area contributed by atoms with Gasteiger partial charge in [-0.1, -0.05) is 23.7 Å². The van der Waals surface area contributed by atoms with Crippen molar-refractivity contribution in [2.24, 2.45) is 0 Å². The van der Waals surface area contributed by atoms with Crippen molar-refractivity contribution in [3.8, 4) is 0 Å². The molecule has 1 aliphatic rings. The number of sulfone groups is 1. The molecule has 1 amide bonds. The summed E-state index contributed by atoms with van der Waals surface area (Å²) in [6.07, 6.45) is 6.26. The highest BCUT2D eigenvalue weighted by Crippen LogP contribution is 2.29. The first-order valence-corrected chi connectivity index (χ1v) is 9.64. The molecule has 2 rings (SSSR count). The summed E-state index contributed by atoms with van der Waals surface area (Å²) in [5.41, 5.74) is 0.840. The van der Waals surface area contributed by atoms with Gasteiger partial charge in [-0.15, -0.1) is 0 Å². The Bertz CT molecular complexity index is 680. The topological polar surface area (TPSA) is 54.5 Å². The average molecular weight is 342 g/mol. The summed E-state index contributed by atoms with van der Waals surface area (Å²) in [4.78, 5) is 14.1. The molecule has 1 aromatic rings. The van der Waals surface area contributed by atoms with Gasteiger partial charge < -0.3 is 4.90 Å². The molecule has 0 aromatic heterocycles. The molecule has 4 nitrogen and oxygen atoms in total. The fourth-order valence-corrected chi connectivity index (χ4v) is 3.73. The van der Waals surface area contributed by atoms with Crippen molar-refractivity contribution in [1.82, 2.24) is 4.90 Å². The van der Waals surface area contributed by atoms with Crippen molar-refractivity contribution in [3.63, 3.8) is 0 Å². The molecule has 1 aromatic carbocycles.